The molecule has 0 fully saturated rings. The van der Waals surface area contributed by atoms with Crippen molar-refractivity contribution in [3.8, 4) is 17.2 Å². The molecule has 0 N–H and O–H groups in total. The minimum atomic E-state index is -0.570. The maximum absolute atomic E-state index is 11.9. The highest BCUT2D eigenvalue weighted by atomic mass is 35.5. The molecule has 120 valence electrons. The summed E-state index contributed by atoms with van der Waals surface area (Å²) in [7, 11) is 3.07. The monoisotopic (exact) mass is 352 g/mol. The van der Waals surface area contributed by atoms with Gasteiger partial charge in [0.1, 0.15) is 5.75 Å². The van der Waals surface area contributed by atoms with E-state index in [4.69, 9.17) is 37.4 Å². The van der Waals surface area contributed by atoms with Gasteiger partial charge in [-0.3, -0.25) is 0 Å². The van der Waals surface area contributed by atoms with Crippen LogP contribution in [0.2, 0.25) is 10.0 Å². The average molecular weight is 353 g/mol. The molecule has 2 rings (SSSR count). The standard InChI is InChI=1S/C17H14Cl2O4/c1-21-15-5-3-4-11(17(15)22-2)6-9-16(20)23-14-8-7-12(18)10-13(14)19/h3-10H,1-2H3/b9-6+. The van der Waals surface area contributed by atoms with Crippen molar-refractivity contribution in [1.82, 2.24) is 0 Å². The first-order valence-corrected chi connectivity index (χ1v) is 7.36. The molecule has 6 heteroatoms. The Morgan fingerprint density at radius 3 is 2.48 bits per heavy atom. The lowest BCUT2D eigenvalue weighted by molar-refractivity contribution is -0.128. The summed E-state index contributed by atoms with van der Waals surface area (Å²) in [6.07, 6.45) is 2.86. The molecule has 0 bridgehead atoms. The summed E-state index contributed by atoms with van der Waals surface area (Å²) in [5.41, 5.74) is 0.686. The van der Waals surface area contributed by atoms with Gasteiger partial charge in [-0.15, -0.1) is 0 Å². The Kier molecular flexibility index (Phi) is 5.90. The summed E-state index contributed by atoms with van der Waals surface area (Å²) in [6, 6.07) is 9.97. The molecule has 0 aliphatic heterocycles. The summed E-state index contributed by atoms with van der Waals surface area (Å²) >= 11 is 11.7. The predicted octanol–water partition coefficient (Wildman–Crippen LogP) is 4.63. The molecule has 0 aromatic heterocycles. The molecule has 0 saturated heterocycles. The Morgan fingerprint density at radius 1 is 1.04 bits per heavy atom. The number of carbonyl (C=O) groups excluding carboxylic acids is 1. The highest BCUT2D eigenvalue weighted by Crippen LogP contribution is 2.31. The molecule has 0 atom stereocenters. The molecule has 4 nitrogen and oxygen atoms in total. The minimum Gasteiger partial charge on any atom is -0.493 e. The van der Waals surface area contributed by atoms with Crippen LogP contribution in [0.4, 0.5) is 0 Å². The second-order valence-corrected chi connectivity index (χ2v) is 5.26. The molecule has 0 aliphatic rings. The van der Waals surface area contributed by atoms with Crippen LogP contribution in [0.5, 0.6) is 17.2 Å². The van der Waals surface area contributed by atoms with Gasteiger partial charge in [-0.25, -0.2) is 4.79 Å². The summed E-state index contributed by atoms with van der Waals surface area (Å²) in [6.45, 7) is 0. The second-order valence-electron chi connectivity index (χ2n) is 4.41. The number of rotatable bonds is 5. The first-order valence-electron chi connectivity index (χ1n) is 6.61. The predicted molar refractivity (Wildman–Crippen MR) is 90.7 cm³/mol. The Morgan fingerprint density at radius 2 is 1.83 bits per heavy atom. The van der Waals surface area contributed by atoms with Crippen molar-refractivity contribution in [1.29, 1.82) is 0 Å². The van der Waals surface area contributed by atoms with E-state index in [1.165, 1.54) is 25.3 Å². The van der Waals surface area contributed by atoms with Gasteiger partial charge in [-0.05, 0) is 30.3 Å². The van der Waals surface area contributed by atoms with Crippen LogP contribution in [0.1, 0.15) is 5.56 Å². The van der Waals surface area contributed by atoms with Crippen LogP contribution in [0, 0.1) is 0 Å². The van der Waals surface area contributed by atoms with Crippen LogP contribution < -0.4 is 14.2 Å². The lowest BCUT2D eigenvalue weighted by Gasteiger charge is -2.09. The molecule has 0 aliphatic carbocycles. The van der Waals surface area contributed by atoms with E-state index in [0.29, 0.717) is 22.1 Å². The molecule has 0 radical (unpaired) electrons. The minimum absolute atomic E-state index is 0.239. The summed E-state index contributed by atoms with van der Waals surface area (Å²) in [5, 5.41) is 0.727. The lowest BCUT2D eigenvalue weighted by Crippen LogP contribution is -2.04. The quantitative estimate of drug-likeness (QED) is 0.447. The zero-order valence-corrected chi connectivity index (χ0v) is 14.0. The van der Waals surface area contributed by atoms with Crippen molar-refractivity contribution in [2.75, 3.05) is 14.2 Å². The van der Waals surface area contributed by atoms with E-state index in [1.54, 1.807) is 37.5 Å². The Balaban J connectivity index is 2.15. The van der Waals surface area contributed by atoms with Gasteiger partial charge < -0.3 is 14.2 Å². The number of benzene rings is 2. The molecule has 0 amide bonds. The van der Waals surface area contributed by atoms with Crippen molar-refractivity contribution in [2.45, 2.75) is 0 Å². The SMILES string of the molecule is COc1cccc(/C=C/C(=O)Oc2ccc(Cl)cc2Cl)c1OC. The third kappa shape index (κ3) is 4.41. The van der Waals surface area contributed by atoms with Crippen molar-refractivity contribution in [2.24, 2.45) is 0 Å². The average Bonchev–Trinajstić information content (AvgIpc) is 2.55. The van der Waals surface area contributed by atoms with E-state index in [1.807, 2.05) is 0 Å². The van der Waals surface area contributed by atoms with Gasteiger partial charge in [0.2, 0.25) is 0 Å². The summed E-state index contributed by atoms with van der Waals surface area (Å²) in [5.74, 6) is 0.773. The van der Waals surface area contributed by atoms with Crippen LogP contribution in [-0.4, -0.2) is 20.2 Å². The first-order chi connectivity index (χ1) is 11.0. The van der Waals surface area contributed by atoms with E-state index < -0.39 is 5.97 Å². The highest BCUT2D eigenvalue weighted by Gasteiger charge is 2.09. The molecular weight excluding hydrogens is 339 g/mol. The number of esters is 1. The van der Waals surface area contributed by atoms with Gasteiger partial charge >= 0.3 is 5.97 Å². The lowest BCUT2D eigenvalue weighted by atomic mass is 10.1. The van der Waals surface area contributed by atoms with E-state index in [9.17, 15) is 4.79 Å². The van der Waals surface area contributed by atoms with E-state index in [-0.39, 0.29) is 10.8 Å². The fourth-order valence-corrected chi connectivity index (χ4v) is 2.35. The summed E-state index contributed by atoms with van der Waals surface area (Å²) < 4.78 is 15.7. The fraction of sp³-hybridized carbons (Fsp3) is 0.118. The van der Waals surface area contributed by atoms with Crippen molar-refractivity contribution >= 4 is 35.2 Å². The molecule has 0 spiro atoms. The number of hydrogen-bond acceptors (Lipinski definition) is 4. The third-order valence-electron chi connectivity index (χ3n) is 2.94. The largest absolute Gasteiger partial charge is 0.493 e. The smallest absolute Gasteiger partial charge is 0.336 e. The topological polar surface area (TPSA) is 44.8 Å². The van der Waals surface area contributed by atoms with Crippen molar-refractivity contribution in [3.63, 3.8) is 0 Å². The van der Waals surface area contributed by atoms with E-state index >= 15 is 0 Å². The number of halogens is 2. The Bertz CT molecular complexity index is 741. The molecule has 0 saturated carbocycles. The van der Waals surface area contributed by atoms with Gasteiger partial charge in [0.15, 0.2) is 11.5 Å². The number of hydrogen-bond donors (Lipinski definition) is 0. The van der Waals surface area contributed by atoms with Crippen LogP contribution in [-0.2, 0) is 4.79 Å². The second kappa shape index (κ2) is 7.90. The van der Waals surface area contributed by atoms with Crippen LogP contribution in [0.25, 0.3) is 6.08 Å². The summed E-state index contributed by atoms with van der Waals surface area (Å²) in [4.78, 5) is 11.9. The first kappa shape index (κ1) is 17.2. The van der Waals surface area contributed by atoms with Gasteiger partial charge in [0.25, 0.3) is 0 Å². The number of carbonyl (C=O) groups is 1. The third-order valence-corrected chi connectivity index (χ3v) is 3.47. The molecule has 2 aromatic rings. The number of methoxy groups -OCH3 is 2. The number of para-hydroxylation sites is 1. The van der Waals surface area contributed by atoms with Crippen LogP contribution in [0.3, 0.4) is 0 Å². The highest BCUT2D eigenvalue weighted by molar-refractivity contribution is 6.35. The number of ether oxygens (including phenoxy) is 3. The Labute approximate surface area is 144 Å². The molecule has 2 aromatic carbocycles. The van der Waals surface area contributed by atoms with Crippen molar-refractivity contribution in [3.05, 3.63) is 58.1 Å². The van der Waals surface area contributed by atoms with Crippen LogP contribution >= 0.6 is 23.2 Å². The maximum atomic E-state index is 11.9. The van der Waals surface area contributed by atoms with Crippen molar-refractivity contribution < 1.29 is 19.0 Å². The molecule has 0 unspecified atom stereocenters. The van der Waals surface area contributed by atoms with Gasteiger partial charge in [0, 0.05) is 16.7 Å². The van der Waals surface area contributed by atoms with Crippen LogP contribution in [0.15, 0.2) is 42.5 Å². The normalized spacial score (nSPS) is 10.6. The zero-order valence-electron chi connectivity index (χ0n) is 12.5. The van der Waals surface area contributed by atoms with E-state index in [0.717, 1.165) is 0 Å². The van der Waals surface area contributed by atoms with Gasteiger partial charge in [-0.2, -0.15) is 0 Å². The zero-order chi connectivity index (χ0) is 16.8. The fourth-order valence-electron chi connectivity index (χ4n) is 1.90. The van der Waals surface area contributed by atoms with Gasteiger partial charge in [-0.1, -0.05) is 35.3 Å². The van der Waals surface area contributed by atoms with E-state index in [2.05, 4.69) is 0 Å². The molecule has 23 heavy (non-hydrogen) atoms. The Hall–Kier alpha value is -2.17. The molecule has 0 heterocycles. The molecular formula is C17H14Cl2O4. The maximum Gasteiger partial charge on any atom is 0.336 e. The van der Waals surface area contributed by atoms with Gasteiger partial charge in [0.05, 0.1) is 19.2 Å².